The summed E-state index contributed by atoms with van der Waals surface area (Å²) in [6.45, 7) is 4.31. The van der Waals surface area contributed by atoms with Crippen molar-refractivity contribution in [1.29, 1.82) is 0 Å². The van der Waals surface area contributed by atoms with Crippen LogP contribution in [0.25, 0.3) is 32.3 Å². The monoisotopic (exact) mass is 595 g/mol. The van der Waals surface area contributed by atoms with Gasteiger partial charge in [0.05, 0.1) is 5.69 Å². The molecule has 0 aliphatic heterocycles. The third kappa shape index (κ3) is 4.43. The standard InChI is InChI=1S/C43H33NO2/c1-28-6-18-35(19-7-28)44(40-27-11-31-9-8-29-4-3-5-30-10-26-39(40)42(31)41(29)30)36-20-12-32(13-21-36)43(2,33-14-22-37(45)23-15-33)34-16-24-38(46)25-17-34/h3-27,45-46H,1-2H3. The van der Waals surface area contributed by atoms with E-state index in [1.165, 1.54) is 37.9 Å². The smallest absolute Gasteiger partial charge is 0.115 e. The van der Waals surface area contributed by atoms with Crippen molar-refractivity contribution in [3.63, 3.8) is 0 Å². The zero-order valence-electron chi connectivity index (χ0n) is 25.8. The normalized spacial score (nSPS) is 11.9. The van der Waals surface area contributed by atoms with E-state index in [1.54, 1.807) is 24.3 Å². The number of anilines is 3. The molecule has 0 heterocycles. The molecular weight excluding hydrogens is 562 g/mol. The summed E-state index contributed by atoms with van der Waals surface area (Å²) in [7, 11) is 0. The third-order valence-corrected chi connectivity index (χ3v) is 9.63. The number of hydrogen-bond donors (Lipinski definition) is 2. The van der Waals surface area contributed by atoms with Crippen LogP contribution in [0.4, 0.5) is 17.1 Å². The average molecular weight is 596 g/mol. The number of hydrogen-bond acceptors (Lipinski definition) is 3. The van der Waals surface area contributed by atoms with Crippen molar-refractivity contribution in [2.24, 2.45) is 0 Å². The van der Waals surface area contributed by atoms with Gasteiger partial charge in [-0.05, 0) is 112 Å². The Labute approximate surface area is 268 Å². The van der Waals surface area contributed by atoms with E-state index in [2.05, 4.69) is 122 Å². The van der Waals surface area contributed by atoms with E-state index in [9.17, 15) is 10.2 Å². The second kappa shape index (κ2) is 10.7. The Morgan fingerprint density at radius 3 is 1.43 bits per heavy atom. The summed E-state index contributed by atoms with van der Waals surface area (Å²) in [5, 5.41) is 27.7. The number of phenolic OH excluding ortho intramolecular Hbond substituents is 2. The quantitative estimate of drug-likeness (QED) is 0.148. The minimum Gasteiger partial charge on any atom is -0.508 e. The van der Waals surface area contributed by atoms with E-state index in [1.807, 2.05) is 24.3 Å². The van der Waals surface area contributed by atoms with Crippen molar-refractivity contribution in [3.05, 3.63) is 174 Å². The first kappa shape index (κ1) is 27.7. The van der Waals surface area contributed by atoms with Gasteiger partial charge < -0.3 is 15.1 Å². The zero-order valence-corrected chi connectivity index (χ0v) is 25.8. The molecule has 0 saturated heterocycles. The molecule has 222 valence electrons. The van der Waals surface area contributed by atoms with Crippen LogP contribution in [-0.2, 0) is 5.41 Å². The van der Waals surface area contributed by atoms with Gasteiger partial charge in [0.2, 0.25) is 0 Å². The molecule has 0 aromatic heterocycles. The molecule has 0 bridgehead atoms. The molecule has 2 N–H and O–H groups in total. The molecule has 0 unspecified atom stereocenters. The molecule has 0 atom stereocenters. The van der Waals surface area contributed by atoms with Gasteiger partial charge in [0.1, 0.15) is 11.5 Å². The Morgan fingerprint density at radius 2 is 0.891 bits per heavy atom. The molecule has 3 nitrogen and oxygen atoms in total. The van der Waals surface area contributed by atoms with Crippen molar-refractivity contribution in [2.45, 2.75) is 19.3 Å². The van der Waals surface area contributed by atoms with E-state index in [4.69, 9.17) is 0 Å². The predicted molar refractivity (Wildman–Crippen MR) is 191 cm³/mol. The molecule has 8 aromatic rings. The lowest BCUT2D eigenvalue weighted by Gasteiger charge is -2.33. The molecule has 46 heavy (non-hydrogen) atoms. The average Bonchev–Trinajstić information content (AvgIpc) is 3.09. The summed E-state index contributed by atoms with van der Waals surface area (Å²) in [5.41, 5.74) is 7.16. The molecule has 0 spiro atoms. The molecule has 0 aliphatic carbocycles. The van der Waals surface area contributed by atoms with Crippen molar-refractivity contribution in [3.8, 4) is 11.5 Å². The Bertz CT molecular complexity index is 2260. The maximum Gasteiger partial charge on any atom is 0.115 e. The van der Waals surface area contributed by atoms with Crippen molar-refractivity contribution in [2.75, 3.05) is 4.90 Å². The van der Waals surface area contributed by atoms with E-state index in [0.29, 0.717) is 0 Å². The maximum absolute atomic E-state index is 10.1. The largest absolute Gasteiger partial charge is 0.508 e. The number of phenols is 2. The highest BCUT2D eigenvalue weighted by atomic mass is 16.3. The summed E-state index contributed by atoms with van der Waals surface area (Å²) < 4.78 is 0. The summed E-state index contributed by atoms with van der Waals surface area (Å²) in [4.78, 5) is 2.35. The number of aryl methyl sites for hydroxylation is 1. The maximum atomic E-state index is 10.1. The van der Waals surface area contributed by atoms with Crippen molar-refractivity contribution in [1.82, 2.24) is 0 Å². The van der Waals surface area contributed by atoms with E-state index >= 15 is 0 Å². The predicted octanol–water partition coefficient (Wildman–Crippen LogP) is 11.1. The van der Waals surface area contributed by atoms with Crippen LogP contribution in [0.3, 0.4) is 0 Å². The van der Waals surface area contributed by atoms with Crippen molar-refractivity contribution < 1.29 is 10.2 Å². The van der Waals surface area contributed by atoms with Crippen LogP contribution in [0.2, 0.25) is 0 Å². The fourth-order valence-corrected chi connectivity index (χ4v) is 7.07. The summed E-state index contributed by atoms with van der Waals surface area (Å²) in [5.74, 6) is 0.461. The van der Waals surface area contributed by atoms with Gasteiger partial charge in [0, 0.05) is 22.2 Å². The first-order chi connectivity index (χ1) is 22.4. The van der Waals surface area contributed by atoms with Crippen molar-refractivity contribution >= 4 is 49.4 Å². The van der Waals surface area contributed by atoms with Gasteiger partial charge in [0.15, 0.2) is 0 Å². The SMILES string of the molecule is Cc1ccc(N(c2ccc(C(C)(c3ccc(O)cc3)c3ccc(O)cc3)cc2)c2ccc3ccc4cccc5ccc2c3c45)cc1. The van der Waals surface area contributed by atoms with Crippen LogP contribution in [0.15, 0.2) is 152 Å². The molecule has 0 amide bonds. The Kier molecular flexibility index (Phi) is 6.43. The lowest BCUT2D eigenvalue weighted by Crippen LogP contribution is -2.25. The Morgan fingerprint density at radius 1 is 0.457 bits per heavy atom. The van der Waals surface area contributed by atoms with Crippen LogP contribution in [-0.4, -0.2) is 10.2 Å². The van der Waals surface area contributed by atoms with E-state index in [0.717, 1.165) is 33.8 Å². The lowest BCUT2D eigenvalue weighted by atomic mass is 9.71. The van der Waals surface area contributed by atoms with Gasteiger partial charge in [0.25, 0.3) is 0 Å². The fraction of sp³-hybridized carbons (Fsp3) is 0.0698. The van der Waals surface area contributed by atoms with Gasteiger partial charge in [-0.3, -0.25) is 0 Å². The summed E-state index contributed by atoms with van der Waals surface area (Å²) in [6.07, 6.45) is 0. The molecule has 3 heteroatoms. The zero-order chi connectivity index (χ0) is 31.4. The van der Waals surface area contributed by atoms with E-state index < -0.39 is 5.41 Å². The molecule has 0 radical (unpaired) electrons. The van der Waals surface area contributed by atoms with Crippen LogP contribution >= 0.6 is 0 Å². The number of rotatable bonds is 6. The molecule has 0 saturated carbocycles. The molecule has 8 rings (SSSR count). The third-order valence-electron chi connectivity index (χ3n) is 9.63. The highest BCUT2D eigenvalue weighted by Gasteiger charge is 2.31. The molecule has 0 aliphatic rings. The van der Waals surface area contributed by atoms with Gasteiger partial charge in [-0.1, -0.05) is 103 Å². The minimum atomic E-state index is -0.526. The highest BCUT2D eigenvalue weighted by molar-refractivity contribution is 6.25. The second-order valence-corrected chi connectivity index (χ2v) is 12.4. The molecular formula is C43H33NO2. The fourth-order valence-electron chi connectivity index (χ4n) is 7.07. The second-order valence-electron chi connectivity index (χ2n) is 12.4. The number of benzene rings is 8. The van der Waals surface area contributed by atoms with E-state index in [-0.39, 0.29) is 11.5 Å². The van der Waals surface area contributed by atoms with Crippen LogP contribution in [0.5, 0.6) is 11.5 Å². The number of aromatic hydroxyl groups is 2. The van der Waals surface area contributed by atoms with Gasteiger partial charge in [-0.15, -0.1) is 0 Å². The topological polar surface area (TPSA) is 43.7 Å². The van der Waals surface area contributed by atoms with Gasteiger partial charge in [-0.25, -0.2) is 0 Å². The highest BCUT2D eigenvalue weighted by Crippen LogP contribution is 2.45. The van der Waals surface area contributed by atoms with Gasteiger partial charge in [-0.2, -0.15) is 0 Å². The lowest BCUT2D eigenvalue weighted by molar-refractivity contribution is 0.474. The Balaban J connectivity index is 1.32. The van der Waals surface area contributed by atoms with Crippen LogP contribution in [0, 0.1) is 6.92 Å². The number of nitrogens with zero attached hydrogens (tertiary/aromatic N) is 1. The van der Waals surface area contributed by atoms with Crippen LogP contribution in [0.1, 0.15) is 29.2 Å². The first-order valence-corrected chi connectivity index (χ1v) is 15.6. The van der Waals surface area contributed by atoms with Gasteiger partial charge >= 0.3 is 0 Å². The van der Waals surface area contributed by atoms with Crippen LogP contribution < -0.4 is 4.90 Å². The summed E-state index contributed by atoms with van der Waals surface area (Å²) in [6, 6.07) is 52.3. The molecule has 0 fully saturated rings. The molecule has 8 aromatic carbocycles. The first-order valence-electron chi connectivity index (χ1n) is 15.6. The summed E-state index contributed by atoms with van der Waals surface area (Å²) >= 11 is 0. The Hall–Kier alpha value is -5.80. The minimum absolute atomic E-state index is 0.231.